The zero-order valence-electron chi connectivity index (χ0n) is 9.99. The van der Waals surface area contributed by atoms with E-state index < -0.39 is 23.5 Å². The van der Waals surface area contributed by atoms with Crippen LogP contribution in [-0.2, 0) is 9.59 Å². The molecule has 1 amide bonds. The number of carboxylic acids is 1. The van der Waals surface area contributed by atoms with Gasteiger partial charge in [0.25, 0.3) is 0 Å². The number of hydrogen-bond donors (Lipinski definition) is 2. The summed E-state index contributed by atoms with van der Waals surface area (Å²) in [6, 6.07) is 0. The van der Waals surface area contributed by atoms with Crippen molar-refractivity contribution in [3.05, 3.63) is 0 Å². The average Bonchev–Trinajstić information content (AvgIpc) is 2.59. The Hall–Kier alpha value is -1.10. The van der Waals surface area contributed by atoms with Crippen LogP contribution in [0, 0.1) is 5.41 Å². The number of carbonyl (C=O) groups is 2. The highest BCUT2D eigenvalue weighted by molar-refractivity contribution is 5.90. The predicted octanol–water partition coefficient (Wildman–Crippen LogP) is 0.471. The number of nitrogens with zero attached hydrogens (tertiary/aromatic N) is 1. The second kappa shape index (κ2) is 4.05. The van der Waals surface area contributed by atoms with E-state index in [1.807, 2.05) is 0 Å². The molecule has 0 unspecified atom stereocenters. The van der Waals surface area contributed by atoms with Crippen LogP contribution in [-0.4, -0.2) is 45.7 Å². The standard InChI is InChI=1S/C11H19NO4/c1-10(2,3)8(14)12-6-4-5-11(12,7-13)9(15)16/h13H,4-7H2,1-3H3,(H,15,16)/t11-/m0/s1. The Morgan fingerprint density at radius 3 is 2.31 bits per heavy atom. The molecule has 1 atom stereocenters. The average molecular weight is 229 g/mol. The number of rotatable bonds is 2. The summed E-state index contributed by atoms with van der Waals surface area (Å²) >= 11 is 0. The molecule has 0 saturated carbocycles. The molecule has 1 aliphatic heterocycles. The first kappa shape index (κ1) is 13.0. The van der Waals surface area contributed by atoms with Crippen molar-refractivity contribution in [3.8, 4) is 0 Å². The van der Waals surface area contributed by atoms with Gasteiger partial charge in [0, 0.05) is 12.0 Å². The van der Waals surface area contributed by atoms with E-state index in [9.17, 15) is 19.8 Å². The summed E-state index contributed by atoms with van der Waals surface area (Å²) in [5.41, 5.74) is -2.04. The molecule has 5 nitrogen and oxygen atoms in total. The van der Waals surface area contributed by atoms with Crippen molar-refractivity contribution in [2.24, 2.45) is 5.41 Å². The highest BCUT2D eigenvalue weighted by atomic mass is 16.4. The van der Waals surface area contributed by atoms with E-state index in [2.05, 4.69) is 0 Å². The van der Waals surface area contributed by atoms with Crippen LogP contribution in [0.1, 0.15) is 33.6 Å². The van der Waals surface area contributed by atoms with Crippen LogP contribution in [0.2, 0.25) is 0 Å². The molecule has 92 valence electrons. The van der Waals surface area contributed by atoms with E-state index in [1.165, 1.54) is 4.90 Å². The number of aliphatic hydroxyl groups excluding tert-OH is 1. The fourth-order valence-electron chi connectivity index (χ4n) is 2.03. The SMILES string of the molecule is CC(C)(C)C(=O)N1CCC[C@]1(CO)C(=O)O. The van der Waals surface area contributed by atoms with Gasteiger partial charge in [0.05, 0.1) is 6.61 Å². The smallest absolute Gasteiger partial charge is 0.332 e. The van der Waals surface area contributed by atoms with Gasteiger partial charge in [-0.15, -0.1) is 0 Å². The molecule has 5 heteroatoms. The zero-order chi connectivity index (χ0) is 12.6. The number of carbonyl (C=O) groups excluding carboxylic acids is 1. The molecule has 0 aromatic rings. The summed E-state index contributed by atoms with van der Waals surface area (Å²) in [7, 11) is 0. The number of amides is 1. The van der Waals surface area contributed by atoms with Gasteiger partial charge in [-0.25, -0.2) is 4.79 Å². The van der Waals surface area contributed by atoms with E-state index in [1.54, 1.807) is 20.8 Å². The Labute approximate surface area is 95.1 Å². The predicted molar refractivity (Wildman–Crippen MR) is 57.9 cm³/mol. The number of likely N-dealkylation sites (tertiary alicyclic amines) is 1. The summed E-state index contributed by atoms with van der Waals surface area (Å²) in [4.78, 5) is 24.7. The molecule has 0 bridgehead atoms. The topological polar surface area (TPSA) is 77.8 Å². The van der Waals surface area contributed by atoms with Crippen molar-refractivity contribution in [2.45, 2.75) is 39.2 Å². The lowest BCUT2D eigenvalue weighted by Gasteiger charge is -2.36. The lowest BCUT2D eigenvalue weighted by atomic mass is 9.90. The van der Waals surface area contributed by atoms with Gasteiger partial charge in [-0.2, -0.15) is 0 Å². The van der Waals surface area contributed by atoms with Gasteiger partial charge in [0.1, 0.15) is 0 Å². The lowest BCUT2D eigenvalue weighted by Crippen LogP contribution is -2.58. The molecule has 1 heterocycles. The van der Waals surface area contributed by atoms with Gasteiger partial charge in [-0.1, -0.05) is 20.8 Å². The second-order valence-electron chi connectivity index (χ2n) is 5.31. The Kier molecular flexibility index (Phi) is 3.28. The van der Waals surface area contributed by atoms with Crippen molar-refractivity contribution < 1.29 is 19.8 Å². The summed E-state index contributed by atoms with van der Waals surface area (Å²) in [5.74, 6) is -1.34. The van der Waals surface area contributed by atoms with Crippen LogP contribution < -0.4 is 0 Å². The fourth-order valence-corrected chi connectivity index (χ4v) is 2.03. The summed E-state index contributed by atoms with van der Waals surface area (Å²) in [6.07, 6.45) is 0.940. The highest BCUT2D eigenvalue weighted by Crippen LogP contribution is 2.33. The van der Waals surface area contributed by atoms with Crippen molar-refractivity contribution >= 4 is 11.9 Å². The van der Waals surface area contributed by atoms with E-state index in [-0.39, 0.29) is 5.91 Å². The van der Waals surface area contributed by atoms with Crippen molar-refractivity contribution in [1.82, 2.24) is 4.90 Å². The molecule has 0 spiro atoms. The molecule has 0 aromatic heterocycles. The first-order valence-corrected chi connectivity index (χ1v) is 5.42. The molecule has 0 aromatic carbocycles. The van der Waals surface area contributed by atoms with Crippen molar-refractivity contribution in [3.63, 3.8) is 0 Å². The molecule has 1 aliphatic rings. The number of hydrogen-bond acceptors (Lipinski definition) is 3. The third-order valence-corrected chi connectivity index (χ3v) is 3.04. The quantitative estimate of drug-likeness (QED) is 0.721. The van der Waals surface area contributed by atoms with Crippen LogP contribution in [0.25, 0.3) is 0 Å². The van der Waals surface area contributed by atoms with E-state index in [0.29, 0.717) is 19.4 Å². The first-order valence-electron chi connectivity index (χ1n) is 5.42. The first-order chi connectivity index (χ1) is 7.25. The van der Waals surface area contributed by atoms with Gasteiger partial charge in [0.2, 0.25) is 5.91 Å². The van der Waals surface area contributed by atoms with E-state index >= 15 is 0 Å². The fraction of sp³-hybridized carbons (Fsp3) is 0.818. The number of aliphatic carboxylic acids is 1. The third kappa shape index (κ3) is 1.91. The molecule has 2 N–H and O–H groups in total. The van der Waals surface area contributed by atoms with E-state index in [4.69, 9.17) is 0 Å². The van der Waals surface area contributed by atoms with Gasteiger partial charge >= 0.3 is 5.97 Å². The number of aliphatic hydroxyl groups is 1. The normalized spacial score (nSPS) is 25.9. The Morgan fingerprint density at radius 1 is 1.38 bits per heavy atom. The second-order valence-corrected chi connectivity index (χ2v) is 5.31. The highest BCUT2D eigenvalue weighted by Gasteiger charge is 2.51. The largest absolute Gasteiger partial charge is 0.479 e. The van der Waals surface area contributed by atoms with Crippen molar-refractivity contribution in [2.75, 3.05) is 13.2 Å². The monoisotopic (exact) mass is 229 g/mol. The minimum absolute atomic E-state index is 0.221. The van der Waals surface area contributed by atoms with Gasteiger partial charge < -0.3 is 15.1 Å². The molecule has 0 radical (unpaired) electrons. The van der Waals surface area contributed by atoms with Crippen LogP contribution in [0.5, 0.6) is 0 Å². The van der Waals surface area contributed by atoms with E-state index in [0.717, 1.165) is 0 Å². The summed E-state index contributed by atoms with van der Waals surface area (Å²) in [6.45, 7) is 5.13. The van der Waals surface area contributed by atoms with Crippen LogP contribution in [0.15, 0.2) is 0 Å². The molecule has 16 heavy (non-hydrogen) atoms. The minimum atomic E-state index is -1.41. The minimum Gasteiger partial charge on any atom is -0.479 e. The van der Waals surface area contributed by atoms with Crippen LogP contribution in [0.4, 0.5) is 0 Å². The molecule has 1 saturated heterocycles. The number of carboxylic acid groups (broad SMARTS) is 1. The Balaban J connectivity index is 3.04. The molecular formula is C11H19NO4. The maximum Gasteiger partial charge on any atom is 0.332 e. The zero-order valence-corrected chi connectivity index (χ0v) is 9.99. The van der Waals surface area contributed by atoms with Crippen LogP contribution in [0.3, 0.4) is 0 Å². The van der Waals surface area contributed by atoms with Crippen LogP contribution >= 0.6 is 0 Å². The maximum absolute atomic E-state index is 12.1. The lowest BCUT2D eigenvalue weighted by molar-refractivity contribution is -0.162. The van der Waals surface area contributed by atoms with Crippen molar-refractivity contribution in [1.29, 1.82) is 0 Å². The maximum atomic E-state index is 12.1. The summed E-state index contributed by atoms with van der Waals surface area (Å²) in [5, 5.41) is 18.5. The molecule has 1 fully saturated rings. The molecular weight excluding hydrogens is 210 g/mol. The molecule has 1 rings (SSSR count). The summed E-state index contributed by atoms with van der Waals surface area (Å²) < 4.78 is 0. The third-order valence-electron chi connectivity index (χ3n) is 3.04. The van der Waals surface area contributed by atoms with Gasteiger partial charge in [-0.05, 0) is 12.8 Å². The van der Waals surface area contributed by atoms with Gasteiger partial charge in [-0.3, -0.25) is 4.79 Å². The van der Waals surface area contributed by atoms with Gasteiger partial charge in [0.15, 0.2) is 5.54 Å². The molecule has 0 aliphatic carbocycles. The Bertz CT molecular complexity index is 308. The Morgan fingerprint density at radius 2 is 1.94 bits per heavy atom.